The van der Waals surface area contributed by atoms with Crippen molar-refractivity contribution in [2.45, 2.75) is 26.7 Å². The van der Waals surface area contributed by atoms with Crippen LogP contribution in [0.5, 0.6) is 0 Å². The zero-order valence-corrected chi connectivity index (χ0v) is 10.2. The third-order valence-corrected chi connectivity index (χ3v) is 2.95. The molecule has 0 aromatic carbocycles. The van der Waals surface area contributed by atoms with Crippen LogP contribution in [-0.2, 0) is 4.74 Å². The second-order valence-electron chi connectivity index (χ2n) is 4.17. The molecule has 0 fully saturated rings. The summed E-state index contributed by atoms with van der Waals surface area (Å²) >= 11 is 0. The lowest BCUT2D eigenvalue weighted by Crippen LogP contribution is -2.09. The number of nitrogens with zero attached hydrogens (tertiary/aromatic N) is 1. The van der Waals surface area contributed by atoms with Gasteiger partial charge in [-0.2, -0.15) is 0 Å². The van der Waals surface area contributed by atoms with E-state index in [0.717, 1.165) is 18.6 Å². The number of ether oxygens (including phenoxy) is 1. The minimum absolute atomic E-state index is 0.519. The van der Waals surface area contributed by atoms with Crippen LogP contribution in [0.4, 0.5) is 0 Å². The van der Waals surface area contributed by atoms with Crippen LogP contribution in [0, 0.1) is 11.8 Å². The fourth-order valence-corrected chi connectivity index (χ4v) is 1.80. The third kappa shape index (κ3) is 3.22. The summed E-state index contributed by atoms with van der Waals surface area (Å²) in [4.78, 5) is 4.02. The topological polar surface area (TPSA) is 21.6 Å². The molecule has 2 unspecified atom stereocenters. The second-order valence-corrected chi connectivity index (χ2v) is 4.17. The van der Waals surface area contributed by atoms with Crippen LogP contribution in [-0.4, -0.2) is 20.4 Å². The van der Waals surface area contributed by atoms with Crippen LogP contribution < -0.4 is 0 Å². The maximum atomic E-state index is 5.37. The van der Waals surface area contributed by atoms with Crippen molar-refractivity contribution in [1.82, 2.24) is 0 Å². The molecule has 84 valence electrons. The van der Waals surface area contributed by atoms with Gasteiger partial charge in [-0.1, -0.05) is 19.9 Å². The maximum absolute atomic E-state index is 5.37. The molecule has 0 bridgehead atoms. The molecular formula is C13H21NO. The van der Waals surface area contributed by atoms with Gasteiger partial charge in [0, 0.05) is 13.0 Å². The van der Waals surface area contributed by atoms with Crippen LogP contribution in [0.15, 0.2) is 28.5 Å². The molecule has 0 radical (unpaired) electrons. The molecule has 2 nitrogen and oxygen atoms in total. The van der Waals surface area contributed by atoms with Crippen LogP contribution >= 0.6 is 0 Å². The van der Waals surface area contributed by atoms with Crippen molar-refractivity contribution in [2.75, 3.05) is 14.2 Å². The first-order valence-corrected chi connectivity index (χ1v) is 5.55. The molecule has 1 rings (SSSR count). The summed E-state index contributed by atoms with van der Waals surface area (Å²) < 4.78 is 5.37. The Hall–Kier alpha value is -1.05. The molecule has 0 heterocycles. The van der Waals surface area contributed by atoms with Gasteiger partial charge < -0.3 is 9.73 Å². The van der Waals surface area contributed by atoms with Gasteiger partial charge in [0.1, 0.15) is 0 Å². The van der Waals surface area contributed by atoms with E-state index < -0.39 is 0 Å². The van der Waals surface area contributed by atoms with Gasteiger partial charge in [-0.25, -0.2) is 0 Å². The monoisotopic (exact) mass is 207 g/mol. The summed E-state index contributed by atoms with van der Waals surface area (Å²) in [6.07, 6.45) is 8.57. The molecule has 1 aliphatic rings. The third-order valence-electron chi connectivity index (χ3n) is 2.95. The first-order chi connectivity index (χ1) is 7.19. The summed E-state index contributed by atoms with van der Waals surface area (Å²) in [5, 5.41) is 0. The standard InChI is InChI=1S/C13H21NO/c1-10(7-8-14-3)12-6-5-11(2)13(9-12)15-4/h6,8-11H,5,7H2,1-4H3/b14-8-. The first-order valence-electron chi connectivity index (χ1n) is 5.55. The number of hydrogen-bond acceptors (Lipinski definition) is 2. The molecule has 0 amide bonds. The van der Waals surface area contributed by atoms with E-state index in [4.69, 9.17) is 4.74 Å². The summed E-state index contributed by atoms with van der Waals surface area (Å²) in [7, 11) is 3.57. The van der Waals surface area contributed by atoms with Gasteiger partial charge in [-0.05, 0) is 36.6 Å². The molecule has 0 N–H and O–H groups in total. The molecule has 0 spiro atoms. The minimum Gasteiger partial charge on any atom is -0.501 e. The largest absolute Gasteiger partial charge is 0.501 e. The summed E-state index contributed by atoms with van der Waals surface area (Å²) in [5.74, 6) is 2.16. The van der Waals surface area contributed by atoms with Crippen molar-refractivity contribution in [3.8, 4) is 0 Å². The van der Waals surface area contributed by atoms with Crippen LogP contribution in [0.2, 0.25) is 0 Å². The van der Waals surface area contributed by atoms with Crippen molar-refractivity contribution >= 4 is 6.21 Å². The number of hydrogen-bond donors (Lipinski definition) is 0. The lowest BCUT2D eigenvalue weighted by molar-refractivity contribution is 0.244. The minimum atomic E-state index is 0.519. The lowest BCUT2D eigenvalue weighted by Gasteiger charge is -2.21. The Balaban J connectivity index is 2.67. The molecule has 2 heteroatoms. The summed E-state index contributed by atoms with van der Waals surface area (Å²) in [5.41, 5.74) is 1.38. The Kier molecular flexibility index (Phi) is 4.60. The van der Waals surface area contributed by atoms with Gasteiger partial charge in [0.15, 0.2) is 0 Å². The first kappa shape index (κ1) is 12.0. The predicted molar refractivity (Wildman–Crippen MR) is 65.2 cm³/mol. The predicted octanol–water partition coefficient (Wildman–Crippen LogP) is 3.21. The summed E-state index contributed by atoms with van der Waals surface area (Å²) in [6, 6.07) is 0. The normalized spacial score (nSPS) is 23.6. The number of allylic oxidation sites excluding steroid dienone is 4. The average molecular weight is 207 g/mol. The van der Waals surface area contributed by atoms with Crippen molar-refractivity contribution in [3.63, 3.8) is 0 Å². The Morgan fingerprint density at radius 2 is 2.40 bits per heavy atom. The number of aliphatic imine (C=N–C) groups is 1. The van der Waals surface area contributed by atoms with Crippen molar-refractivity contribution in [1.29, 1.82) is 0 Å². The SMILES string of the molecule is C/N=C\CC(C)C1=CCC(C)C(OC)=C1. The molecular weight excluding hydrogens is 186 g/mol. The van der Waals surface area contributed by atoms with Gasteiger partial charge in [-0.3, -0.25) is 0 Å². The molecule has 0 saturated heterocycles. The van der Waals surface area contributed by atoms with Crippen LogP contribution in [0.3, 0.4) is 0 Å². The number of rotatable bonds is 4. The molecule has 1 aliphatic carbocycles. The van der Waals surface area contributed by atoms with E-state index in [0.29, 0.717) is 11.8 Å². The van der Waals surface area contributed by atoms with Crippen molar-refractivity contribution in [3.05, 3.63) is 23.5 Å². The average Bonchev–Trinajstić information content (AvgIpc) is 2.26. The highest BCUT2D eigenvalue weighted by Gasteiger charge is 2.16. The Morgan fingerprint density at radius 1 is 1.67 bits per heavy atom. The van der Waals surface area contributed by atoms with Gasteiger partial charge in [-0.15, -0.1) is 0 Å². The fourth-order valence-electron chi connectivity index (χ4n) is 1.80. The highest BCUT2D eigenvalue weighted by Crippen LogP contribution is 2.28. The zero-order chi connectivity index (χ0) is 11.3. The van der Waals surface area contributed by atoms with Gasteiger partial charge >= 0.3 is 0 Å². The van der Waals surface area contributed by atoms with Crippen molar-refractivity contribution in [2.24, 2.45) is 16.8 Å². The van der Waals surface area contributed by atoms with Gasteiger partial charge in [0.2, 0.25) is 0 Å². The smallest absolute Gasteiger partial charge is 0.0989 e. The van der Waals surface area contributed by atoms with E-state index in [1.54, 1.807) is 7.11 Å². The Morgan fingerprint density at radius 3 is 3.00 bits per heavy atom. The molecule has 0 aromatic rings. The molecule has 0 aromatic heterocycles. The Labute approximate surface area is 92.7 Å². The van der Waals surface area contributed by atoms with Gasteiger partial charge in [0.25, 0.3) is 0 Å². The van der Waals surface area contributed by atoms with E-state index >= 15 is 0 Å². The fraction of sp³-hybridized carbons (Fsp3) is 0.615. The summed E-state index contributed by atoms with van der Waals surface area (Å²) in [6.45, 7) is 4.42. The van der Waals surface area contributed by atoms with Crippen LogP contribution in [0.1, 0.15) is 26.7 Å². The quantitative estimate of drug-likeness (QED) is 0.649. The van der Waals surface area contributed by atoms with E-state index in [-0.39, 0.29) is 0 Å². The number of methoxy groups -OCH3 is 1. The van der Waals surface area contributed by atoms with E-state index in [2.05, 4.69) is 31.0 Å². The van der Waals surface area contributed by atoms with Crippen molar-refractivity contribution < 1.29 is 4.74 Å². The highest BCUT2D eigenvalue weighted by molar-refractivity contribution is 5.58. The van der Waals surface area contributed by atoms with Crippen LogP contribution in [0.25, 0.3) is 0 Å². The molecule has 0 saturated carbocycles. The second kappa shape index (κ2) is 5.74. The maximum Gasteiger partial charge on any atom is 0.0989 e. The lowest BCUT2D eigenvalue weighted by atomic mass is 9.89. The molecule has 0 aliphatic heterocycles. The van der Waals surface area contributed by atoms with E-state index in [1.807, 2.05) is 13.3 Å². The molecule has 2 atom stereocenters. The zero-order valence-electron chi connectivity index (χ0n) is 10.2. The van der Waals surface area contributed by atoms with E-state index in [9.17, 15) is 0 Å². The highest BCUT2D eigenvalue weighted by atomic mass is 16.5. The van der Waals surface area contributed by atoms with Gasteiger partial charge in [0.05, 0.1) is 12.9 Å². The molecule has 15 heavy (non-hydrogen) atoms. The Bertz CT molecular complexity index is 289. The van der Waals surface area contributed by atoms with E-state index in [1.165, 1.54) is 5.57 Å².